The molecule has 0 radical (unpaired) electrons. The third-order valence-corrected chi connectivity index (χ3v) is 1.37. The van der Waals surface area contributed by atoms with Gasteiger partial charge in [0.2, 0.25) is 0 Å². The van der Waals surface area contributed by atoms with Crippen molar-refractivity contribution in [3.05, 3.63) is 21.0 Å². The topological polar surface area (TPSA) is 59.8 Å². The van der Waals surface area contributed by atoms with E-state index < -0.39 is 0 Å². The Bertz CT molecular complexity index is 329. The van der Waals surface area contributed by atoms with Gasteiger partial charge in [0.1, 0.15) is 0 Å². The summed E-state index contributed by atoms with van der Waals surface area (Å²) in [7, 11) is 1.44. The molecule has 0 atom stereocenters. The number of nitrogens with zero attached hydrogens (tertiary/aromatic N) is 2. The SMILES string of the molecule is CCn1[nH]c(=O)n(C)c1=O. The van der Waals surface area contributed by atoms with Gasteiger partial charge in [-0.05, 0) is 6.92 Å². The number of aromatic nitrogens is 3. The van der Waals surface area contributed by atoms with Gasteiger partial charge in [-0.15, -0.1) is 0 Å². The second-order valence-corrected chi connectivity index (χ2v) is 2.00. The van der Waals surface area contributed by atoms with Gasteiger partial charge >= 0.3 is 11.4 Å². The minimum absolute atomic E-state index is 0.299. The molecule has 0 saturated heterocycles. The summed E-state index contributed by atoms with van der Waals surface area (Å²) in [4.78, 5) is 21.6. The molecule has 0 aliphatic carbocycles. The average Bonchev–Trinajstić information content (AvgIpc) is 2.17. The number of hydrogen-bond acceptors (Lipinski definition) is 2. The van der Waals surface area contributed by atoms with Crippen molar-refractivity contribution in [1.29, 1.82) is 0 Å². The van der Waals surface area contributed by atoms with Crippen molar-refractivity contribution >= 4 is 0 Å². The summed E-state index contributed by atoms with van der Waals surface area (Å²) in [5.41, 5.74) is -0.667. The Morgan fingerprint density at radius 2 is 2.10 bits per heavy atom. The van der Waals surface area contributed by atoms with Gasteiger partial charge < -0.3 is 0 Å². The van der Waals surface area contributed by atoms with Gasteiger partial charge in [0.05, 0.1) is 0 Å². The van der Waals surface area contributed by atoms with Crippen molar-refractivity contribution < 1.29 is 0 Å². The molecule has 1 rings (SSSR count). The second kappa shape index (κ2) is 2.17. The van der Waals surface area contributed by atoms with Crippen LogP contribution >= 0.6 is 0 Å². The third-order valence-electron chi connectivity index (χ3n) is 1.37. The largest absolute Gasteiger partial charge is 0.346 e. The van der Waals surface area contributed by atoms with Crippen LogP contribution < -0.4 is 11.4 Å². The highest BCUT2D eigenvalue weighted by Gasteiger charge is 2.00. The van der Waals surface area contributed by atoms with E-state index in [1.165, 1.54) is 11.7 Å². The lowest BCUT2D eigenvalue weighted by Crippen LogP contribution is -2.25. The molecule has 56 valence electrons. The standard InChI is InChI=1S/C5H9N3O2/c1-3-8-5(10)7(2)4(9)6-8/h3H2,1-2H3,(H,6,9). The fourth-order valence-corrected chi connectivity index (χ4v) is 0.721. The summed E-state index contributed by atoms with van der Waals surface area (Å²) in [5.74, 6) is 0. The molecule has 0 aromatic carbocycles. The Kier molecular flexibility index (Phi) is 1.48. The van der Waals surface area contributed by atoms with Crippen LogP contribution in [0.1, 0.15) is 6.92 Å². The van der Waals surface area contributed by atoms with Crippen LogP contribution in [0.25, 0.3) is 0 Å². The van der Waals surface area contributed by atoms with Gasteiger partial charge in [-0.1, -0.05) is 0 Å². The first-order valence-corrected chi connectivity index (χ1v) is 3.02. The van der Waals surface area contributed by atoms with Gasteiger partial charge in [-0.25, -0.2) is 23.9 Å². The number of H-pyrrole nitrogens is 1. The van der Waals surface area contributed by atoms with Crippen LogP contribution in [0, 0.1) is 0 Å². The van der Waals surface area contributed by atoms with Crippen molar-refractivity contribution in [2.45, 2.75) is 13.5 Å². The molecule has 0 saturated carbocycles. The highest BCUT2D eigenvalue weighted by atomic mass is 16.2. The van der Waals surface area contributed by atoms with Crippen molar-refractivity contribution in [3.63, 3.8) is 0 Å². The van der Waals surface area contributed by atoms with Crippen LogP contribution in [0.5, 0.6) is 0 Å². The Morgan fingerprint density at radius 3 is 2.30 bits per heavy atom. The predicted molar refractivity (Wildman–Crippen MR) is 36.0 cm³/mol. The normalized spacial score (nSPS) is 10.2. The first-order valence-electron chi connectivity index (χ1n) is 3.02. The van der Waals surface area contributed by atoms with Gasteiger partial charge in [-0.2, -0.15) is 0 Å². The van der Waals surface area contributed by atoms with Crippen LogP contribution in [0.2, 0.25) is 0 Å². The highest BCUT2D eigenvalue weighted by molar-refractivity contribution is 4.65. The molecule has 0 unspecified atom stereocenters. The summed E-state index contributed by atoms with van der Waals surface area (Å²) in [6.45, 7) is 2.28. The summed E-state index contributed by atoms with van der Waals surface area (Å²) < 4.78 is 2.28. The molecular formula is C5H9N3O2. The monoisotopic (exact) mass is 143 g/mol. The van der Waals surface area contributed by atoms with E-state index in [0.29, 0.717) is 6.54 Å². The molecule has 1 aromatic heterocycles. The number of nitrogens with one attached hydrogen (secondary N) is 1. The van der Waals surface area contributed by atoms with E-state index >= 15 is 0 Å². The van der Waals surface area contributed by atoms with E-state index in [-0.39, 0.29) is 11.4 Å². The van der Waals surface area contributed by atoms with Crippen molar-refractivity contribution in [2.24, 2.45) is 7.05 Å². The van der Waals surface area contributed by atoms with E-state index in [1.54, 1.807) is 6.92 Å². The maximum atomic E-state index is 10.9. The van der Waals surface area contributed by atoms with Gasteiger partial charge in [-0.3, -0.25) is 0 Å². The molecule has 1 heterocycles. The summed E-state index contributed by atoms with van der Waals surface area (Å²) in [5, 5.41) is 2.37. The quantitative estimate of drug-likeness (QED) is 0.542. The zero-order chi connectivity index (χ0) is 7.72. The lowest BCUT2D eigenvalue weighted by atomic mass is 10.8. The van der Waals surface area contributed by atoms with Crippen LogP contribution in [0.4, 0.5) is 0 Å². The molecule has 5 heteroatoms. The van der Waals surface area contributed by atoms with Gasteiger partial charge in [0, 0.05) is 13.6 Å². The smallest absolute Gasteiger partial charge is 0.246 e. The Morgan fingerprint density at radius 1 is 1.50 bits per heavy atom. The molecule has 5 nitrogen and oxygen atoms in total. The first kappa shape index (κ1) is 6.85. The summed E-state index contributed by atoms with van der Waals surface area (Å²) in [6, 6.07) is 0. The lowest BCUT2D eigenvalue weighted by molar-refractivity contribution is 0.622. The van der Waals surface area contributed by atoms with Crippen molar-refractivity contribution in [3.8, 4) is 0 Å². The molecule has 0 amide bonds. The molecule has 0 aliphatic heterocycles. The van der Waals surface area contributed by atoms with Crippen LogP contribution in [-0.4, -0.2) is 14.3 Å². The van der Waals surface area contributed by atoms with Crippen LogP contribution in [0.3, 0.4) is 0 Å². The number of aryl methyl sites for hydroxylation is 1. The molecule has 0 spiro atoms. The fraction of sp³-hybridized carbons (Fsp3) is 0.600. The first-order chi connectivity index (χ1) is 4.66. The second-order valence-electron chi connectivity index (χ2n) is 2.00. The molecule has 10 heavy (non-hydrogen) atoms. The fourth-order valence-electron chi connectivity index (χ4n) is 0.721. The zero-order valence-electron chi connectivity index (χ0n) is 5.92. The Balaban J connectivity index is 3.46. The van der Waals surface area contributed by atoms with E-state index in [2.05, 4.69) is 5.10 Å². The van der Waals surface area contributed by atoms with Gasteiger partial charge in [0.15, 0.2) is 0 Å². The number of hydrogen-bond donors (Lipinski definition) is 1. The average molecular weight is 143 g/mol. The summed E-state index contributed by atoms with van der Waals surface area (Å²) >= 11 is 0. The van der Waals surface area contributed by atoms with E-state index in [9.17, 15) is 9.59 Å². The maximum Gasteiger partial charge on any atom is 0.346 e. The Labute approximate surface area is 56.9 Å². The van der Waals surface area contributed by atoms with Crippen LogP contribution in [-0.2, 0) is 13.6 Å². The van der Waals surface area contributed by atoms with E-state index in [4.69, 9.17) is 0 Å². The molecule has 0 aliphatic rings. The molecule has 1 aromatic rings. The highest BCUT2D eigenvalue weighted by Crippen LogP contribution is 1.66. The minimum Gasteiger partial charge on any atom is -0.246 e. The lowest BCUT2D eigenvalue weighted by Gasteiger charge is -1.88. The van der Waals surface area contributed by atoms with Crippen molar-refractivity contribution in [2.75, 3.05) is 0 Å². The van der Waals surface area contributed by atoms with Gasteiger partial charge in [0.25, 0.3) is 0 Å². The molecule has 1 N–H and O–H groups in total. The number of rotatable bonds is 1. The van der Waals surface area contributed by atoms with Crippen molar-refractivity contribution in [1.82, 2.24) is 14.3 Å². The minimum atomic E-state index is -0.369. The molecule has 0 bridgehead atoms. The predicted octanol–water partition coefficient (Wildman–Crippen LogP) is -1.10. The molecule has 0 fully saturated rings. The van der Waals surface area contributed by atoms with E-state index in [0.717, 1.165) is 4.57 Å². The molecular weight excluding hydrogens is 134 g/mol. The Hall–Kier alpha value is -1.26. The number of aromatic amines is 1. The maximum absolute atomic E-state index is 10.9. The van der Waals surface area contributed by atoms with Crippen LogP contribution in [0.15, 0.2) is 9.59 Å². The zero-order valence-corrected chi connectivity index (χ0v) is 5.92. The third kappa shape index (κ3) is 0.792. The summed E-state index contributed by atoms with van der Waals surface area (Å²) in [6.07, 6.45) is 0. The van der Waals surface area contributed by atoms with E-state index in [1.807, 2.05) is 0 Å².